The lowest BCUT2D eigenvalue weighted by Gasteiger charge is -2.15. The molecule has 1 heterocycles. The molecule has 0 aliphatic carbocycles. The van der Waals surface area contributed by atoms with Crippen molar-refractivity contribution in [1.29, 1.82) is 5.26 Å². The molecule has 5 nitrogen and oxygen atoms in total. The fourth-order valence-corrected chi connectivity index (χ4v) is 2.51. The third-order valence-corrected chi connectivity index (χ3v) is 4.04. The standard InChI is InChI=1S/C18H15ClN4O/c1-13-11-14(7-8-16(13)19)17-9-10-23(22-17)18(21-12-20)24-15-5-3-2-4-6-15/h2-8,11H,9-10H2,1H3/b21-18+. The number of rotatable bonds is 2. The quantitative estimate of drug-likeness (QED) is 0.473. The predicted molar refractivity (Wildman–Crippen MR) is 94.2 cm³/mol. The van der Waals surface area contributed by atoms with Gasteiger partial charge < -0.3 is 4.74 Å². The SMILES string of the molecule is Cc1cc(C2=NN(/C(=N\C#N)Oc3ccccc3)CC2)ccc1Cl. The molecule has 0 unspecified atom stereocenters. The number of aliphatic imine (C=N–C) groups is 1. The first-order valence-electron chi connectivity index (χ1n) is 7.48. The summed E-state index contributed by atoms with van der Waals surface area (Å²) in [5.74, 6) is 0.609. The Bertz CT molecular complexity index is 840. The van der Waals surface area contributed by atoms with E-state index in [0.717, 1.165) is 28.3 Å². The second-order valence-corrected chi connectivity index (χ2v) is 5.70. The van der Waals surface area contributed by atoms with Crippen molar-refractivity contribution in [2.75, 3.05) is 6.54 Å². The summed E-state index contributed by atoms with van der Waals surface area (Å²) in [6.45, 7) is 2.56. The molecule has 0 N–H and O–H groups in total. The highest BCUT2D eigenvalue weighted by Gasteiger charge is 2.22. The first kappa shape index (κ1) is 16.0. The number of nitriles is 1. The molecule has 0 atom stereocenters. The molecule has 1 aliphatic heterocycles. The van der Waals surface area contributed by atoms with Crippen LogP contribution in [0.15, 0.2) is 58.6 Å². The van der Waals surface area contributed by atoms with Crippen LogP contribution in [-0.4, -0.2) is 23.3 Å². The van der Waals surface area contributed by atoms with Crippen molar-refractivity contribution in [3.63, 3.8) is 0 Å². The number of hydrogen-bond acceptors (Lipinski definition) is 4. The van der Waals surface area contributed by atoms with Crippen molar-refractivity contribution in [2.45, 2.75) is 13.3 Å². The average molecular weight is 339 g/mol. The Hall–Kier alpha value is -2.84. The van der Waals surface area contributed by atoms with Gasteiger partial charge >= 0.3 is 6.02 Å². The van der Waals surface area contributed by atoms with E-state index in [1.165, 1.54) is 0 Å². The molecule has 3 rings (SSSR count). The molecular weight excluding hydrogens is 324 g/mol. The molecule has 120 valence electrons. The largest absolute Gasteiger partial charge is 0.424 e. The highest BCUT2D eigenvalue weighted by molar-refractivity contribution is 6.31. The van der Waals surface area contributed by atoms with Crippen LogP contribution in [0.4, 0.5) is 0 Å². The molecule has 6 heteroatoms. The van der Waals surface area contributed by atoms with Gasteiger partial charge in [-0.3, -0.25) is 0 Å². The Morgan fingerprint density at radius 3 is 2.79 bits per heavy atom. The van der Waals surface area contributed by atoms with E-state index in [1.807, 2.05) is 43.3 Å². The van der Waals surface area contributed by atoms with Crippen molar-refractivity contribution in [2.24, 2.45) is 10.1 Å². The number of hydrogen-bond donors (Lipinski definition) is 0. The van der Waals surface area contributed by atoms with Gasteiger partial charge in [-0.25, -0.2) is 5.01 Å². The van der Waals surface area contributed by atoms with Gasteiger partial charge in [-0.15, -0.1) is 4.99 Å². The minimum Gasteiger partial charge on any atom is -0.424 e. The molecule has 0 amide bonds. The highest BCUT2D eigenvalue weighted by Crippen LogP contribution is 2.21. The van der Waals surface area contributed by atoms with Crippen molar-refractivity contribution in [1.82, 2.24) is 5.01 Å². The summed E-state index contributed by atoms with van der Waals surface area (Å²) >= 11 is 6.07. The zero-order valence-corrected chi connectivity index (χ0v) is 13.9. The third-order valence-electron chi connectivity index (χ3n) is 3.61. The Balaban J connectivity index is 1.83. The molecule has 0 radical (unpaired) electrons. The van der Waals surface area contributed by atoms with Gasteiger partial charge in [0.05, 0.1) is 12.3 Å². The van der Waals surface area contributed by atoms with Gasteiger partial charge in [0.1, 0.15) is 5.75 Å². The first-order chi connectivity index (χ1) is 11.7. The maximum Gasteiger partial charge on any atom is 0.329 e. The van der Waals surface area contributed by atoms with E-state index in [-0.39, 0.29) is 6.02 Å². The number of halogens is 1. The molecule has 0 saturated heterocycles. The van der Waals surface area contributed by atoms with Crippen molar-refractivity contribution in [3.05, 3.63) is 64.7 Å². The van der Waals surface area contributed by atoms with Gasteiger partial charge in [-0.2, -0.15) is 10.4 Å². The summed E-state index contributed by atoms with van der Waals surface area (Å²) in [5.41, 5.74) is 2.93. The van der Waals surface area contributed by atoms with E-state index in [0.29, 0.717) is 12.3 Å². The zero-order chi connectivity index (χ0) is 16.9. The molecule has 1 aliphatic rings. The maximum absolute atomic E-state index is 8.92. The third kappa shape index (κ3) is 3.55. The highest BCUT2D eigenvalue weighted by atomic mass is 35.5. The first-order valence-corrected chi connectivity index (χ1v) is 7.86. The lowest BCUT2D eigenvalue weighted by atomic mass is 10.1. The van der Waals surface area contributed by atoms with Crippen molar-refractivity contribution in [3.8, 4) is 11.9 Å². The Labute approximate surface area is 145 Å². The van der Waals surface area contributed by atoms with Crippen LogP contribution < -0.4 is 4.74 Å². The van der Waals surface area contributed by atoms with E-state index in [2.05, 4.69) is 10.1 Å². The van der Waals surface area contributed by atoms with Crippen molar-refractivity contribution < 1.29 is 4.74 Å². The van der Waals surface area contributed by atoms with Crippen LogP contribution in [0.5, 0.6) is 5.75 Å². The van der Waals surface area contributed by atoms with Crippen LogP contribution in [0, 0.1) is 18.4 Å². The van der Waals surface area contributed by atoms with Gasteiger partial charge in [0.2, 0.25) is 6.19 Å². The number of amidine groups is 1. The van der Waals surface area contributed by atoms with Gasteiger partial charge in [0.25, 0.3) is 0 Å². The van der Waals surface area contributed by atoms with E-state index in [1.54, 1.807) is 23.3 Å². The van der Waals surface area contributed by atoms with E-state index in [9.17, 15) is 0 Å². The van der Waals surface area contributed by atoms with E-state index >= 15 is 0 Å². The number of hydrazone groups is 1. The molecule has 0 saturated carbocycles. The summed E-state index contributed by atoms with van der Waals surface area (Å²) < 4.78 is 5.69. The second kappa shape index (κ2) is 7.16. The Kier molecular flexibility index (Phi) is 4.78. The van der Waals surface area contributed by atoms with Crippen LogP contribution >= 0.6 is 11.6 Å². The number of para-hydroxylation sites is 1. The minimum atomic E-state index is 0.171. The van der Waals surface area contributed by atoms with Crippen LogP contribution in [0.1, 0.15) is 17.5 Å². The zero-order valence-electron chi connectivity index (χ0n) is 13.1. The van der Waals surface area contributed by atoms with E-state index < -0.39 is 0 Å². The topological polar surface area (TPSA) is 61.0 Å². The number of aryl methyl sites for hydroxylation is 1. The normalized spacial score (nSPS) is 14.3. The average Bonchev–Trinajstić information content (AvgIpc) is 3.08. The molecule has 24 heavy (non-hydrogen) atoms. The lowest BCUT2D eigenvalue weighted by molar-refractivity contribution is 0.376. The molecule has 0 bridgehead atoms. The maximum atomic E-state index is 8.92. The van der Waals surface area contributed by atoms with Crippen molar-refractivity contribution >= 4 is 23.3 Å². The predicted octanol–water partition coefficient (Wildman–Crippen LogP) is 3.97. The molecule has 2 aromatic carbocycles. The number of nitrogens with zero attached hydrogens (tertiary/aromatic N) is 4. The van der Waals surface area contributed by atoms with E-state index in [4.69, 9.17) is 21.6 Å². The Morgan fingerprint density at radius 2 is 2.08 bits per heavy atom. The second-order valence-electron chi connectivity index (χ2n) is 5.29. The van der Waals surface area contributed by atoms with Crippen LogP contribution in [-0.2, 0) is 0 Å². The number of benzene rings is 2. The van der Waals surface area contributed by atoms with Crippen LogP contribution in [0.2, 0.25) is 5.02 Å². The van der Waals surface area contributed by atoms with Gasteiger partial charge in [0.15, 0.2) is 0 Å². The monoisotopic (exact) mass is 338 g/mol. The fourth-order valence-electron chi connectivity index (χ4n) is 2.39. The van der Waals surface area contributed by atoms with Crippen LogP contribution in [0.25, 0.3) is 0 Å². The van der Waals surface area contributed by atoms with Gasteiger partial charge in [0, 0.05) is 11.4 Å². The summed E-state index contributed by atoms with van der Waals surface area (Å²) in [6.07, 6.45) is 2.51. The van der Waals surface area contributed by atoms with Crippen LogP contribution in [0.3, 0.4) is 0 Å². The molecule has 0 aromatic heterocycles. The Morgan fingerprint density at radius 1 is 1.29 bits per heavy atom. The molecule has 2 aromatic rings. The summed E-state index contributed by atoms with van der Waals surface area (Å²) in [6, 6.07) is 15.2. The number of ether oxygens (including phenoxy) is 1. The lowest BCUT2D eigenvalue weighted by Crippen LogP contribution is -2.28. The van der Waals surface area contributed by atoms with Gasteiger partial charge in [-0.1, -0.05) is 35.9 Å². The minimum absolute atomic E-state index is 0.171. The molecule has 0 spiro atoms. The smallest absolute Gasteiger partial charge is 0.329 e. The summed E-state index contributed by atoms with van der Waals surface area (Å²) in [5, 5.41) is 15.8. The summed E-state index contributed by atoms with van der Waals surface area (Å²) in [7, 11) is 0. The molecule has 0 fully saturated rings. The fraction of sp³-hybridized carbons (Fsp3) is 0.167. The molecular formula is C18H15ClN4O. The summed E-state index contributed by atoms with van der Waals surface area (Å²) in [4.78, 5) is 3.76. The van der Waals surface area contributed by atoms with Gasteiger partial charge in [-0.05, 0) is 42.3 Å².